The van der Waals surface area contributed by atoms with Gasteiger partial charge in [-0.2, -0.15) is 5.10 Å². The van der Waals surface area contributed by atoms with Crippen LogP contribution in [0, 0.1) is 0 Å². The number of phenols is 1. The van der Waals surface area contributed by atoms with Gasteiger partial charge >= 0.3 is 0 Å². The molecule has 5 heteroatoms. The summed E-state index contributed by atoms with van der Waals surface area (Å²) in [4.78, 5) is 11.9. The Morgan fingerprint density at radius 1 is 1.17 bits per heavy atom. The minimum atomic E-state index is -0.123. The Bertz CT molecular complexity index is 736. The van der Waals surface area contributed by atoms with Crippen molar-refractivity contribution in [1.29, 1.82) is 0 Å². The number of amides is 1. The first kappa shape index (κ1) is 15.1. The van der Waals surface area contributed by atoms with E-state index in [1.807, 2.05) is 36.4 Å². The molecule has 0 radical (unpaired) electrons. The summed E-state index contributed by atoms with van der Waals surface area (Å²) in [7, 11) is 1.62. The lowest BCUT2D eigenvalue weighted by atomic mass is 9.98. The molecule has 1 heterocycles. The van der Waals surface area contributed by atoms with Crippen LogP contribution in [-0.2, 0) is 4.79 Å². The van der Waals surface area contributed by atoms with Gasteiger partial charge in [-0.25, -0.2) is 5.01 Å². The first-order valence-corrected chi connectivity index (χ1v) is 7.39. The second-order valence-electron chi connectivity index (χ2n) is 5.45. The normalized spacial score (nSPS) is 17.0. The highest BCUT2D eigenvalue weighted by atomic mass is 16.5. The fraction of sp³-hybridized carbons (Fsp3) is 0.222. The number of hydrogen-bond acceptors (Lipinski definition) is 4. The van der Waals surface area contributed by atoms with Gasteiger partial charge in [0.15, 0.2) is 0 Å². The van der Waals surface area contributed by atoms with Crippen molar-refractivity contribution < 1.29 is 14.6 Å². The van der Waals surface area contributed by atoms with Crippen LogP contribution in [-0.4, -0.2) is 28.8 Å². The summed E-state index contributed by atoms with van der Waals surface area (Å²) in [5.74, 6) is 0.892. The van der Waals surface area contributed by atoms with Gasteiger partial charge in [-0.15, -0.1) is 0 Å². The standard InChI is InChI=1S/C18H18N2O3/c1-12(21)20-18(14-5-9-16(23-2)10-6-14)11-17(19-20)13-3-7-15(22)8-4-13/h3-10,18,22H,11H2,1-2H3/t18-/m1/s1. The summed E-state index contributed by atoms with van der Waals surface area (Å²) < 4.78 is 5.17. The Kier molecular flexibility index (Phi) is 4.02. The van der Waals surface area contributed by atoms with Crippen molar-refractivity contribution in [1.82, 2.24) is 5.01 Å². The largest absolute Gasteiger partial charge is 0.508 e. The van der Waals surface area contributed by atoms with E-state index >= 15 is 0 Å². The summed E-state index contributed by atoms with van der Waals surface area (Å²) in [6.45, 7) is 1.51. The van der Waals surface area contributed by atoms with Crippen LogP contribution in [0.5, 0.6) is 11.5 Å². The predicted octanol–water partition coefficient (Wildman–Crippen LogP) is 3.10. The van der Waals surface area contributed by atoms with Gasteiger partial charge in [0.2, 0.25) is 5.91 Å². The Morgan fingerprint density at radius 2 is 1.83 bits per heavy atom. The molecule has 2 aromatic carbocycles. The molecule has 1 N–H and O–H groups in total. The number of hydrazone groups is 1. The Morgan fingerprint density at radius 3 is 2.39 bits per heavy atom. The molecule has 0 saturated carbocycles. The van der Waals surface area contributed by atoms with Gasteiger partial charge in [-0.1, -0.05) is 12.1 Å². The van der Waals surface area contributed by atoms with Crippen LogP contribution < -0.4 is 4.74 Å². The van der Waals surface area contributed by atoms with Crippen molar-refractivity contribution in [2.45, 2.75) is 19.4 Å². The number of nitrogens with zero attached hydrogens (tertiary/aromatic N) is 2. The molecule has 23 heavy (non-hydrogen) atoms. The Balaban J connectivity index is 1.90. The van der Waals surface area contributed by atoms with Crippen molar-refractivity contribution >= 4 is 11.6 Å². The number of hydrogen-bond donors (Lipinski definition) is 1. The maximum atomic E-state index is 11.9. The molecule has 1 aliphatic heterocycles. The molecule has 0 fully saturated rings. The molecule has 3 rings (SSSR count). The molecule has 0 spiro atoms. The molecular weight excluding hydrogens is 292 g/mol. The average molecular weight is 310 g/mol. The van der Waals surface area contributed by atoms with Crippen molar-refractivity contribution in [3.63, 3.8) is 0 Å². The molecule has 5 nitrogen and oxygen atoms in total. The smallest absolute Gasteiger partial charge is 0.240 e. The van der Waals surface area contributed by atoms with E-state index in [1.54, 1.807) is 19.2 Å². The molecule has 118 valence electrons. The SMILES string of the molecule is COc1ccc([C@H]2CC(c3ccc(O)cc3)=NN2C(C)=O)cc1. The number of phenolic OH excluding ortho intramolecular Hbond substituents is 1. The van der Waals surface area contributed by atoms with Crippen LogP contribution in [0.25, 0.3) is 0 Å². The van der Waals surface area contributed by atoms with Crippen molar-refractivity contribution in [3.05, 3.63) is 59.7 Å². The Labute approximate surface area is 134 Å². The lowest BCUT2D eigenvalue weighted by Crippen LogP contribution is -2.24. The van der Waals surface area contributed by atoms with Crippen LogP contribution in [0.3, 0.4) is 0 Å². The second-order valence-corrected chi connectivity index (χ2v) is 5.45. The highest BCUT2D eigenvalue weighted by Crippen LogP contribution is 2.33. The van der Waals surface area contributed by atoms with Gasteiger partial charge in [0, 0.05) is 13.3 Å². The fourth-order valence-corrected chi connectivity index (χ4v) is 2.71. The van der Waals surface area contributed by atoms with Crippen LogP contribution >= 0.6 is 0 Å². The highest BCUT2D eigenvalue weighted by molar-refractivity contribution is 6.03. The number of ether oxygens (including phenoxy) is 1. The van der Waals surface area contributed by atoms with Crippen molar-refractivity contribution in [3.8, 4) is 11.5 Å². The monoisotopic (exact) mass is 310 g/mol. The fourth-order valence-electron chi connectivity index (χ4n) is 2.71. The number of methoxy groups -OCH3 is 1. The molecule has 0 saturated heterocycles. The number of benzene rings is 2. The Hall–Kier alpha value is -2.82. The van der Waals surface area contributed by atoms with Crippen LogP contribution in [0.4, 0.5) is 0 Å². The number of aromatic hydroxyl groups is 1. The lowest BCUT2D eigenvalue weighted by molar-refractivity contribution is -0.130. The molecule has 0 aromatic heterocycles. The van der Waals surface area contributed by atoms with Gasteiger partial charge in [-0.05, 0) is 47.5 Å². The van der Waals surface area contributed by atoms with Gasteiger partial charge in [0.1, 0.15) is 11.5 Å². The molecule has 0 aliphatic carbocycles. The molecular formula is C18H18N2O3. The highest BCUT2D eigenvalue weighted by Gasteiger charge is 2.31. The maximum Gasteiger partial charge on any atom is 0.240 e. The van der Waals surface area contributed by atoms with Crippen molar-refractivity contribution in [2.75, 3.05) is 7.11 Å². The van der Waals surface area contributed by atoms with E-state index in [9.17, 15) is 9.90 Å². The third-order valence-electron chi connectivity index (χ3n) is 3.93. The van der Waals surface area contributed by atoms with Gasteiger partial charge in [-0.3, -0.25) is 4.79 Å². The van der Waals surface area contributed by atoms with Gasteiger partial charge in [0.05, 0.1) is 18.9 Å². The van der Waals surface area contributed by atoms with E-state index in [1.165, 1.54) is 11.9 Å². The number of rotatable bonds is 3. The predicted molar refractivity (Wildman–Crippen MR) is 87.5 cm³/mol. The molecule has 0 bridgehead atoms. The van der Waals surface area contributed by atoms with Crippen LogP contribution in [0.2, 0.25) is 0 Å². The summed E-state index contributed by atoms with van der Waals surface area (Å²) >= 11 is 0. The number of carbonyl (C=O) groups excluding carboxylic acids is 1. The van der Waals surface area contributed by atoms with Crippen LogP contribution in [0.1, 0.15) is 30.5 Å². The van der Waals surface area contributed by atoms with E-state index < -0.39 is 0 Å². The lowest BCUT2D eigenvalue weighted by Gasteiger charge is -2.20. The van der Waals surface area contributed by atoms with E-state index in [2.05, 4.69) is 5.10 Å². The summed E-state index contributed by atoms with van der Waals surface area (Å²) in [5, 5.41) is 15.4. The van der Waals surface area contributed by atoms with Crippen LogP contribution in [0.15, 0.2) is 53.6 Å². The molecule has 1 aliphatic rings. The first-order chi connectivity index (χ1) is 11.1. The van der Waals surface area contributed by atoms with Gasteiger partial charge in [0.25, 0.3) is 0 Å². The molecule has 2 aromatic rings. The third-order valence-corrected chi connectivity index (χ3v) is 3.93. The first-order valence-electron chi connectivity index (χ1n) is 7.39. The zero-order chi connectivity index (χ0) is 16.4. The second kappa shape index (κ2) is 6.12. The summed E-state index contributed by atoms with van der Waals surface area (Å²) in [6.07, 6.45) is 0.636. The number of carbonyl (C=O) groups is 1. The van der Waals surface area contributed by atoms with E-state index in [0.29, 0.717) is 6.42 Å². The van der Waals surface area contributed by atoms with Gasteiger partial charge < -0.3 is 9.84 Å². The van der Waals surface area contributed by atoms with Crippen molar-refractivity contribution in [2.24, 2.45) is 5.10 Å². The molecule has 1 atom stereocenters. The third kappa shape index (κ3) is 3.04. The summed E-state index contributed by atoms with van der Waals surface area (Å²) in [6, 6.07) is 14.4. The molecule has 1 amide bonds. The minimum Gasteiger partial charge on any atom is -0.508 e. The average Bonchev–Trinajstić information content (AvgIpc) is 3.01. The topological polar surface area (TPSA) is 62.1 Å². The zero-order valence-corrected chi connectivity index (χ0v) is 13.1. The zero-order valence-electron chi connectivity index (χ0n) is 13.1. The van der Waals surface area contributed by atoms with E-state index in [-0.39, 0.29) is 17.7 Å². The minimum absolute atomic E-state index is 0.0976. The quantitative estimate of drug-likeness (QED) is 0.947. The van der Waals surface area contributed by atoms with E-state index in [0.717, 1.165) is 22.6 Å². The maximum absolute atomic E-state index is 11.9. The molecule has 0 unspecified atom stereocenters. The summed E-state index contributed by atoms with van der Waals surface area (Å²) in [5.41, 5.74) is 2.75. The van der Waals surface area contributed by atoms with E-state index in [4.69, 9.17) is 4.74 Å².